The first-order valence-electron chi connectivity index (χ1n) is 10.3. The van der Waals surface area contributed by atoms with E-state index in [2.05, 4.69) is 10.1 Å². The molecule has 0 bridgehead atoms. The van der Waals surface area contributed by atoms with Crippen LogP contribution >= 0.6 is 11.8 Å². The summed E-state index contributed by atoms with van der Waals surface area (Å²) in [6, 6.07) is 17.5. The third kappa shape index (κ3) is 5.49. The smallest absolute Gasteiger partial charge is 0.273 e. The summed E-state index contributed by atoms with van der Waals surface area (Å²) in [5.41, 5.74) is 1.92. The summed E-state index contributed by atoms with van der Waals surface area (Å²) in [4.78, 5) is 19.3. The topological polar surface area (TPSA) is 50.5 Å². The van der Waals surface area contributed by atoms with E-state index < -0.39 is 0 Å². The van der Waals surface area contributed by atoms with Crippen LogP contribution in [0.1, 0.15) is 24.8 Å². The SMILES string of the molecule is O=C1/C(=C/c2ccccc2)N=C(SCCCCCn2cccn2)N1c1ccc(F)cc1. The number of nitrogens with zero attached hydrogens (tertiary/aromatic N) is 4. The number of amidine groups is 1. The van der Waals surface area contributed by atoms with Gasteiger partial charge in [-0.05, 0) is 54.8 Å². The normalized spacial score (nSPS) is 15.0. The maximum absolute atomic E-state index is 13.4. The van der Waals surface area contributed by atoms with Gasteiger partial charge in [0, 0.05) is 24.7 Å². The van der Waals surface area contributed by atoms with Crippen LogP contribution in [0.3, 0.4) is 0 Å². The fourth-order valence-electron chi connectivity index (χ4n) is 3.27. The van der Waals surface area contributed by atoms with Crippen molar-refractivity contribution in [1.82, 2.24) is 9.78 Å². The Morgan fingerprint density at radius 1 is 0.968 bits per heavy atom. The molecule has 0 N–H and O–H groups in total. The monoisotopic (exact) mass is 434 g/mol. The number of unbranched alkanes of at least 4 members (excludes halogenated alkanes) is 2. The van der Waals surface area contributed by atoms with Gasteiger partial charge < -0.3 is 0 Å². The van der Waals surface area contributed by atoms with E-state index in [-0.39, 0.29) is 11.7 Å². The summed E-state index contributed by atoms with van der Waals surface area (Å²) in [5.74, 6) is 0.317. The van der Waals surface area contributed by atoms with E-state index in [1.165, 1.54) is 12.1 Å². The van der Waals surface area contributed by atoms with Gasteiger partial charge in [0.05, 0.1) is 5.69 Å². The van der Waals surface area contributed by atoms with Crippen LogP contribution in [0, 0.1) is 5.82 Å². The zero-order valence-electron chi connectivity index (χ0n) is 17.0. The molecule has 3 aromatic rings. The Kier molecular flexibility index (Phi) is 6.94. The average Bonchev–Trinajstić information content (AvgIpc) is 3.41. The summed E-state index contributed by atoms with van der Waals surface area (Å²) >= 11 is 1.56. The van der Waals surface area contributed by atoms with Gasteiger partial charge in [-0.2, -0.15) is 5.10 Å². The highest BCUT2D eigenvalue weighted by atomic mass is 32.2. The van der Waals surface area contributed by atoms with Gasteiger partial charge in [-0.15, -0.1) is 0 Å². The number of hydrogen-bond donors (Lipinski definition) is 0. The molecule has 1 aliphatic heterocycles. The third-order valence-electron chi connectivity index (χ3n) is 4.84. The summed E-state index contributed by atoms with van der Waals surface area (Å²) in [6.45, 7) is 0.906. The molecule has 4 rings (SSSR count). The van der Waals surface area contributed by atoms with Crippen LogP contribution in [-0.4, -0.2) is 26.6 Å². The second-order valence-electron chi connectivity index (χ2n) is 7.13. The molecule has 7 heteroatoms. The Morgan fingerprint density at radius 2 is 1.77 bits per heavy atom. The van der Waals surface area contributed by atoms with Crippen molar-refractivity contribution in [2.75, 3.05) is 10.7 Å². The lowest BCUT2D eigenvalue weighted by atomic mass is 10.2. The maximum Gasteiger partial charge on any atom is 0.283 e. The Bertz CT molecular complexity index is 1060. The molecule has 1 amide bonds. The zero-order chi connectivity index (χ0) is 21.5. The molecule has 0 aliphatic carbocycles. The number of aromatic nitrogens is 2. The van der Waals surface area contributed by atoms with Crippen LogP contribution in [0.5, 0.6) is 0 Å². The van der Waals surface area contributed by atoms with Crippen molar-refractivity contribution in [3.8, 4) is 0 Å². The highest BCUT2D eigenvalue weighted by Crippen LogP contribution is 2.30. The minimum Gasteiger partial charge on any atom is -0.273 e. The number of benzene rings is 2. The minimum absolute atomic E-state index is 0.198. The van der Waals surface area contributed by atoms with Gasteiger partial charge in [0.15, 0.2) is 5.17 Å². The van der Waals surface area contributed by atoms with E-state index in [9.17, 15) is 9.18 Å². The Labute approximate surface area is 185 Å². The number of amides is 1. The molecule has 2 heterocycles. The van der Waals surface area contributed by atoms with Crippen molar-refractivity contribution >= 4 is 34.6 Å². The van der Waals surface area contributed by atoms with Crippen LogP contribution in [0.4, 0.5) is 10.1 Å². The van der Waals surface area contributed by atoms with Crippen molar-refractivity contribution in [3.63, 3.8) is 0 Å². The first-order valence-corrected chi connectivity index (χ1v) is 11.2. The van der Waals surface area contributed by atoms with Gasteiger partial charge in [0.1, 0.15) is 11.5 Å². The molecule has 0 unspecified atom stereocenters. The van der Waals surface area contributed by atoms with Gasteiger partial charge in [0.25, 0.3) is 5.91 Å². The number of anilines is 1. The quantitative estimate of drug-likeness (QED) is 0.354. The van der Waals surface area contributed by atoms with E-state index in [0.29, 0.717) is 16.6 Å². The number of carbonyl (C=O) groups excluding carboxylic acids is 1. The number of thioether (sulfide) groups is 1. The maximum atomic E-state index is 13.4. The number of aryl methyl sites for hydroxylation is 1. The lowest BCUT2D eigenvalue weighted by Gasteiger charge is -2.17. The van der Waals surface area contributed by atoms with Crippen LogP contribution in [0.25, 0.3) is 6.08 Å². The first-order chi connectivity index (χ1) is 15.2. The summed E-state index contributed by atoms with van der Waals surface area (Å²) in [6.07, 6.45) is 8.67. The Balaban J connectivity index is 1.43. The molecule has 2 aromatic carbocycles. The zero-order valence-corrected chi connectivity index (χ0v) is 17.8. The fourth-order valence-corrected chi connectivity index (χ4v) is 4.28. The number of rotatable bonds is 8. The van der Waals surface area contributed by atoms with E-state index in [1.807, 2.05) is 47.3 Å². The van der Waals surface area contributed by atoms with Gasteiger partial charge in [-0.25, -0.2) is 9.38 Å². The van der Waals surface area contributed by atoms with Crippen LogP contribution < -0.4 is 4.90 Å². The minimum atomic E-state index is -0.334. The molecule has 158 valence electrons. The van der Waals surface area contributed by atoms with Gasteiger partial charge in [-0.3, -0.25) is 14.4 Å². The van der Waals surface area contributed by atoms with E-state index in [0.717, 1.165) is 37.1 Å². The second kappa shape index (κ2) is 10.2. The van der Waals surface area contributed by atoms with Crippen molar-refractivity contribution in [2.24, 2.45) is 4.99 Å². The predicted octanol–water partition coefficient (Wildman–Crippen LogP) is 5.37. The molecule has 31 heavy (non-hydrogen) atoms. The third-order valence-corrected chi connectivity index (χ3v) is 5.86. The lowest BCUT2D eigenvalue weighted by Crippen LogP contribution is -2.30. The number of hydrogen-bond acceptors (Lipinski definition) is 4. The van der Waals surface area contributed by atoms with Crippen molar-refractivity contribution < 1.29 is 9.18 Å². The number of aliphatic imine (C=N–C) groups is 1. The molecule has 0 saturated heterocycles. The van der Waals surface area contributed by atoms with Gasteiger partial charge >= 0.3 is 0 Å². The standard InChI is InChI=1S/C24H23FN4OS/c25-20-10-12-21(13-11-20)29-23(30)22(18-19-8-3-1-4-9-19)27-24(29)31-17-6-2-5-15-28-16-7-14-26-28/h1,3-4,7-14,16,18H,2,5-6,15,17H2/b22-18-. The van der Waals surface area contributed by atoms with Gasteiger partial charge in [-0.1, -0.05) is 48.5 Å². The van der Waals surface area contributed by atoms with Crippen molar-refractivity contribution in [2.45, 2.75) is 25.8 Å². The summed E-state index contributed by atoms with van der Waals surface area (Å²) in [5, 5.41) is 4.84. The van der Waals surface area contributed by atoms with E-state index in [4.69, 9.17) is 0 Å². The fraction of sp³-hybridized carbons (Fsp3) is 0.208. The average molecular weight is 435 g/mol. The molecule has 1 aliphatic rings. The largest absolute Gasteiger partial charge is 0.283 e. The van der Waals surface area contributed by atoms with Crippen LogP contribution in [0.15, 0.2) is 83.7 Å². The molecule has 0 spiro atoms. The summed E-state index contributed by atoms with van der Waals surface area (Å²) < 4.78 is 15.3. The molecule has 1 aromatic heterocycles. The highest BCUT2D eigenvalue weighted by molar-refractivity contribution is 8.14. The molecule has 0 fully saturated rings. The highest BCUT2D eigenvalue weighted by Gasteiger charge is 2.31. The predicted molar refractivity (Wildman–Crippen MR) is 124 cm³/mol. The Morgan fingerprint density at radius 3 is 2.52 bits per heavy atom. The molecule has 5 nitrogen and oxygen atoms in total. The van der Waals surface area contributed by atoms with Crippen molar-refractivity contribution in [3.05, 3.63) is 90.1 Å². The molecule has 0 atom stereocenters. The Hall–Kier alpha value is -3.19. The second-order valence-corrected chi connectivity index (χ2v) is 8.19. The molecular weight excluding hydrogens is 411 g/mol. The lowest BCUT2D eigenvalue weighted by molar-refractivity contribution is -0.113. The molecule has 0 radical (unpaired) electrons. The summed E-state index contributed by atoms with van der Waals surface area (Å²) in [7, 11) is 0. The number of halogens is 1. The van der Waals surface area contributed by atoms with Gasteiger partial charge in [0.2, 0.25) is 0 Å². The van der Waals surface area contributed by atoms with Crippen LogP contribution in [0.2, 0.25) is 0 Å². The molecule has 0 saturated carbocycles. The van der Waals surface area contributed by atoms with Crippen molar-refractivity contribution in [1.29, 1.82) is 0 Å². The number of carbonyl (C=O) groups is 1. The molecular formula is C24H23FN4OS. The van der Waals surface area contributed by atoms with Crippen LogP contribution in [-0.2, 0) is 11.3 Å². The first kappa shape index (κ1) is 21.1. The van der Waals surface area contributed by atoms with E-state index in [1.54, 1.807) is 41.1 Å². The van der Waals surface area contributed by atoms with E-state index >= 15 is 0 Å².